The molecule has 2 rings (SSSR count). The Morgan fingerprint density at radius 1 is 1.17 bits per heavy atom. The molecule has 0 radical (unpaired) electrons. The van der Waals surface area contributed by atoms with Gasteiger partial charge in [0.2, 0.25) is 5.91 Å². The third kappa shape index (κ3) is 7.24. The van der Waals surface area contributed by atoms with E-state index in [0.29, 0.717) is 32.5 Å². The van der Waals surface area contributed by atoms with Gasteiger partial charge in [-0.05, 0) is 58.2 Å². The van der Waals surface area contributed by atoms with Crippen molar-refractivity contribution in [1.82, 2.24) is 10.2 Å². The highest BCUT2D eigenvalue weighted by molar-refractivity contribution is 5.86. The quantitative estimate of drug-likeness (QED) is 0.686. The van der Waals surface area contributed by atoms with Crippen molar-refractivity contribution in [2.75, 3.05) is 19.7 Å². The standard InChI is InChI=1S/C22H32N2O6/c1-5-29-20(27)16-10-12-24(13-11-16)19(26)18(23-21(28)30-22(2,3)4)14-15-6-8-17(25)9-7-15/h6-9,16,18,25H,5,10-14H2,1-4H3,(H,23,28)/t18-/m0/s1. The molecule has 1 heterocycles. The number of hydrogen-bond donors (Lipinski definition) is 2. The summed E-state index contributed by atoms with van der Waals surface area (Å²) in [5.74, 6) is -0.528. The third-order valence-electron chi connectivity index (χ3n) is 4.79. The van der Waals surface area contributed by atoms with Crippen LogP contribution in [0.3, 0.4) is 0 Å². The number of nitrogens with zero attached hydrogens (tertiary/aromatic N) is 1. The van der Waals surface area contributed by atoms with Crippen molar-refractivity contribution in [3.63, 3.8) is 0 Å². The highest BCUT2D eigenvalue weighted by Crippen LogP contribution is 2.20. The first kappa shape index (κ1) is 23.5. The average molecular weight is 421 g/mol. The molecule has 8 heteroatoms. The molecule has 1 aliphatic rings. The molecule has 0 saturated carbocycles. The number of phenolic OH excluding ortho intramolecular Hbond substituents is 1. The van der Waals surface area contributed by atoms with E-state index in [2.05, 4.69) is 5.32 Å². The van der Waals surface area contributed by atoms with Gasteiger partial charge in [0.25, 0.3) is 0 Å². The number of esters is 1. The van der Waals surface area contributed by atoms with Crippen molar-refractivity contribution < 1.29 is 29.0 Å². The van der Waals surface area contributed by atoms with E-state index in [9.17, 15) is 19.5 Å². The van der Waals surface area contributed by atoms with Crippen LogP contribution in [0.1, 0.15) is 46.1 Å². The van der Waals surface area contributed by atoms with Gasteiger partial charge >= 0.3 is 12.1 Å². The van der Waals surface area contributed by atoms with Gasteiger partial charge < -0.3 is 24.8 Å². The number of likely N-dealkylation sites (tertiary alicyclic amines) is 1. The summed E-state index contributed by atoms with van der Waals surface area (Å²) in [5, 5.41) is 12.2. The maximum absolute atomic E-state index is 13.2. The van der Waals surface area contributed by atoms with Crippen molar-refractivity contribution in [2.45, 2.75) is 58.6 Å². The van der Waals surface area contributed by atoms with Crippen LogP contribution in [0.15, 0.2) is 24.3 Å². The molecule has 0 aliphatic carbocycles. The Morgan fingerprint density at radius 3 is 2.30 bits per heavy atom. The normalized spacial score (nSPS) is 15.9. The van der Waals surface area contributed by atoms with Crippen LogP contribution in [0.2, 0.25) is 0 Å². The van der Waals surface area contributed by atoms with Crippen LogP contribution in [0.5, 0.6) is 5.75 Å². The van der Waals surface area contributed by atoms with E-state index in [4.69, 9.17) is 9.47 Å². The number of hydrogen-bond acceptors (Lipinski definition) is 6. The lowest BCUT2D eigenvalue weighted by Crippen LogP contribution is -2.52. The van der Waals surface area contributed by atoms with Gasteiger partial charge in [0, 0.05) is 19.5 Å². The number of benzene rings is 1. The summed E-state index contributed by atoms with van der Waals surface area (Å²) in [4.78, 5) is 39.1. The van der Waals surface area contributed by atoms with Crippen LogP contribution >= 0.6 is 0 Å². The number of ether oxygens (including phenoxy) is 2. The van der Waals surface area contributed by atoms with E-state index in [1.165, 1.54) is 12.1 Å². The fourth-order valence-electron chi connectivity index (χ4n) is 3.33. The second-order valence-corrected chi connectivity index (χ2v) is 8.42. The lowest BCUT2D eigenvalue weighted by atomic mass is 9.96. The number of phenols is 1. The highest BCUT2D eigenvalue weighted by Gasteiger charge is 2.33. The van der Waals surface area contributed by atoms with Crippen molar-refractivity contribution in [3.05, 3.63) is 29.8 Å². The second kappa shape index (κ2) is 10.3. The molecule has 1 aromatic carbocycles. The molecular formula is C22H32N2O6. The van der Waals surface area contributed by atoms with Crippen LogP contribution in [0.4, 0.5) is 4.79 Å². The summed E-state index contributed by atoms with van der Waals surface area (Å²) >= 11 is 0. The summed E-state index contributed by atoms with van der Waals surface area (Å²) in [6.07, 6.45) is 0.656. The lowest BCUT2D eigenvalue weighted by Gasteiger charge is -2.34. The maximum Gasteiger partial charge on any atom is 0.408 e. The van der Waals surface area contributed by atoms with Crippen LogP contribution in [-0.2, 0) is 25.5 Å². The molecule has 8 nitrogen and oxygen atoms in total. The molecule has 2 amide bonds. The zero-order valence-corrected chi connectivity index (χ0v) is 18.1. The predicted octanol–water partition coefficient (Wildman–Crippen LogP) is 2.63. The van der Waals surface area contributed by atoms with Gasteiger partial charge in [-0.1, -0.05) is 12.1 Å². The van der Waals surface area contributed by atoms with Gasteiger partial charge in [0.15, 0.2) is 0 Å². The summed E-state index contributed by atoms with van der Waals surface area (Å²) in [7, 11) is 0. The van der Waals surface area contributed by atoms with E-state index in [0.717, 1.165) is 5.56 Å². The van der Waals surface area contributed by atoms with E-state index < -0.39 is 17.7 Å². The SMILES string of the molecule is CCOC(=O)C1CCN(C(=O)[C@H](Cc2ccc(O)cc2)NC(=O)OC(C)(C)C)CC1. The summed E-state index contributed by atoms with van der Waals surface area (Å²) in [6, 6.07) is 5.67. The Hall–Kier alpha value is -2.77. The Balaban J connectivity index is 2.07. The average Bonchev–Trinajstić information content (AvgIpc) is 2.67. The predicted molar refractivity (Wildman–Crippen MR) is 111 cm³/mol. The molecular weight excluding hydrogens is 388 g/mol. The molecule has 30 heavy (non-hydrogen) atoms. The van der Waals surface area contributed by atoms with E-state index in [-0.39, 0.29) is 30.0 Å². The Labute approximate surface area is 177 Å². The first-order chi connectivity index (χ1) is 14.1. The van der Waals surface area contributed by atoms with Crippen LogP contribution in [0, 0.1) is 5.92 Å². The van der Waals surface area contributed by atoms with Crippen molar-refractivity contribution in [1.29, 1.82) is 0 Å². The zero-order chi connectivity index (χ0) is 22.3. The molecule has 1 aromatic rings. The van der Waals surface area contributed by atoms with Crippen LogP contribution in [0.25, 0.3) is 0 Å². The fourth-order valence-corrected chi connectivity index (χ4v) is 3.33. The number of carbonyl (C=O) groups is 3. The van der Waals surface area contributed by atoms with Gasteiger partial charge in [-0.2, -0.15) is 0 Å². The van der Waals surface area contributed by atoms with Gasteiger partial charge in [0.1, 0.15) is 17.4 Å². The van der Waals surface area contributed by atoms with Gasteiger partial charge in [0.05, 0.1) is 12.5 Å². The van der Waals surface area contributed by atoms with Crippen molar-refractivity contribution in [2.24, 2.45) is 5.92 Å². The number of amides is 2. The highest BCUT2D eigenvalue weighted by atomic mass is 16.6. The minimum atomic E-state index is -0.816. The Kier molecular flexibility index (Phi) is 8.08. The largest absolute Gasteiger partial charge is 0.508 e. The molecule has 1 aliphatic heterocycles. The molecule has 0 aromatic heterocycles. The molecule has 0 unspecified atom stereocenters. The molecule has 0 bridgehead atoms. The van der Waals surface area contributed by atoms with E-state index in [1.54, 1.807) is 44.7 Å². The number of aromatic hydroxyl groups is 1. The van der Waals surface area contributed by atoms with E-state index >= 15 is 0 Å². The fraction of sp³-hybridized carbons (Fsp3) is 0.591. The third-order valence-corrected chi connectivity index (χ3v) is 4.79. The lowest BCUT2D eigenvalue weighted by molar-refractivity contribution is -0.151. The number of alkyl carbamates (subject to hydrolysis) is 1. The minimum Gasteiger partial charge on any atom is -0.508 e. The summed E-state index contributed by atoms with van der Waals surface area (Å²) < 4.78 is 10.4. The molecule has 1 saturated heterocycles. The summed E-state index contributed by atoms with van der Waals surface area (Å²) in [5.41, 5.74) is 0.109. The van der Waals surface area contributed by atoms with Crippen molar-refractivity contribution in [3.8, 4) is 5.75 Å². The number of nitrogens with one attached hydrogen (secondary N) is 1. The van der Waals surface area contributed by atoms with Crippen LogP contribution in [-0.4, -0.2) is 59.3 Å². The number of carbonyl (C=O) groups excluding carboxylic acids is 3. The van der Waals surface area contributed by atoms with Crippen LogP contribution < -0.4 is 5.32 Å². The van der Waals surface area contributed by atoms with Gasteiger partial charge in [-0.15, -0.1) is 0 Å². The smallest absolute Gasteiger partial charge is 0.408 e. The Morgan fingerprint density at radius 2 is 1.77 bits per heavy atom. The summed E-state index contributed by atoms with van der Waals surface area (Å²) in [6.45, 7) is 8.21. The molecule has 166 valence electrons. The second-order valence-electron chi connectivity index (χ2n) is 8.42. The molecule has 1 atom stereocenters. The van der Waals surface area contributed by atoms with Gasteiger partial charge in [-0.3, -0.25) is 9.59 Å². The first-order valence-corrected chi connectivity index (χ1v) is 10.3. The van der Waals surface area contributed by atoms with Gasteiger partial charge in [-0.25, -0.2) is 4.79 Å². The topological polar surface area (TPSA) is 105 Å². The first-order valence-electron chi connectivity index (χ1n) is 10.3. The molecule has 1 fully saturated rings. The monoisotopic (exact) mass is 420 g/mol. The Bertz CT molecular complexity index is 733. The number of piperidine rings is 1. The molecule has 0 spiro atoms. The maximum atomic E-state index is 13.2. The minimum absolute atomic E-state index is 0.128. The number of rotatable bonds is 6. The molecule has 2 N–H and O–H groups in total. The van der Waals surface area contributed by atoms with E-state index in [1.807, 2.05) is 0 Å². The van der Waals surface area contributed by atoms with Crippen molar-refractivity contribution >= 4 is 18.0 Å². The zero-order valence-electron chi connectivity index (χ0n) is 18.1.